The number of nitrogens with one attached hydrogen (secondary N) is 2. The third-order valence-corrected chi connectivity index (χ3v) is 2.59. The first kappa shape index (κ1) is 16.3. The molecule has 1 aromatic rings. The Morgan fingerprint density at radius 3 is 2.65 bits per heavy atom. The lowest BCUT2D eigenvalue weighted by molar-refractivity contribution is -0.120. The van der Waals surface area contributed by atoms with Gasteiger partial charge in [-0.2, -0.15) is 0 Å². The van der Waals surface area contributed by atoms with E-state index in [-0.39, 0.29) is 11.9 Å². The molecular weight excluding hydrogens is 256 g/mol. The highest BCUT2D eigenvalue weighted by molar-refractivity contribution is 5.78. The number of carbonyl (C=O) groups is 1. The van der Waals surface area contributed by atoms with Crippen molar-refractivity contribution in [2.24, 2.45) is 0 Å². The molecule has 1 aromatic carbocycles. The van der Waals surface area contributed by atoms with E-state index < -0.39 is 0 Å². The first-order chi connectivity index (χ1) is 9.56. The molecule has 0 aliphatic carbocycles. The maximum Gasteiger partial charge on any atom is 0.234 e. The van der Waals surface area contributed by atoms with Gasteiger partial charge in [0.1, 0.15) is 0 Å². The fourth-order valence-electron chi connectivity index (χ4n) is 1.79. The van der Waals surface area contributed by atoms with Crippen LogP contribution in [0.15, 0.2) is 18.2 Å². The van der Waals surface area contributed by atoms with Crippen molar-refractivity contribution in [3.05, 3.63) is 23.8 Å². The summed E-state index contributed by atoms with van der Waals surface area (Å²) in [5.74, 6) is 1.44. The molecule has 0 aliphatic rings. The van der Waals surface area contributed by atoms with Crippen LogP contribution < -0.4 is 20.1 Å². The van der Waals surface area contributed by atoms with Crippen LogP contribution in [0.5, 0.6) is 11.5 Å². The second-order valence-electron chi connectivity index (χ2n) is 4.74. The molecule has 5 nitrogen and oxygen atoms in total. The number of hydrogen-bond donors (Lipinski definition) is 2. The molecule has 0 fully saturated rings. The largest absolute Gasteiger partial charge is 0.493 e. The third-order valence-electron chi connectivity index (χ3n) is 2.59. The van der Waals surface area contributed by atoms with Crippen LogP contribution in [0, 0.1) is 0 Å². The Kier molecular flexibility index (Phi) is 6.87. The molecule has 0 heterocycles. The van der Waals surface area contributed by atoms with Crippen molar-refractivity contribution in [3.8, 4) is 11.5 Å². The van der Waals surface area contributed by atoms with Crippen molar-refractivity contribution in [1.82, 2.24) is 10.6 Å². The quantitative estimate of drug-likeness (QED) is 0.761. The fraction of sp³-hybridized carbons (Fsp3) is 0.533. The molecule has 1 amide bonds. The van der Waals surface area contributed by atoms with E-state index in [2.05, 4.69) is 10.6 Å². The Balaban J connectivity index is 2.51. The molecule has 20 heavy (non-hydrogen) atoms. The van der Waals surface area contributed by atoms with Crippen LogP contribution in [-0.2, 0) is 11.3 Å². The molecular formula is C15H24N2O3. The topological polar surface area (TPSA) is 59.6 Å². The predicted molar refractivity (Wildman–Crippen MR) is 79.1 cm³/mol. The zero-order chi connectivity index (χ0) is 15.0. The van der Waals surface area contributed by atoms with Gasteiger partial charge in [0.15, 0.2) is 11.5 Å². The number of rotatable bonds is 8. The molecule has 0 aromatic heterocycles. The minimum absolute atomic E-state index is 0.00135. The van der Waals surface area contributed by atoms with E-state index in [1.807, 2.05) is 39.0 Å². The lowest BCUT2D eigenvalue weighted by Gasteiger charge is -2.12. The Morgan fingerprint density at radius 2 is 2.05 bits per heavy atom. The SMILES string of the molecule is CCOc1cc(CNCC(=O)NC(C)C)ccc1OC. The van der Waals surface area contributed by atoms with Crippen LogP contribution in [0.3, 0.4) is 0 Å². The Hall–Kier alpha value is -1.75. The molecule has 0 aliphatic heterocycles. The maximum absolute atomic E-state index is 11.5. The highest BCUT2D eigenvalue weighted by Crippen LogP contribution is 2.27. The second kappa shape index (κ2) is 8.43. The van der Waals surface area contributed by atoms with Crippen LogP contribution in [0.25, 0.3) is 0 Å². The van der Waals surface area contributed by atoms with Crippen molar-refractivity contribution in [3.63, 3.8) is 0 Å². The number of ether oxygens (including phenoxy) is 2. The first-order valence-corrected chi connectivity index (χ1v) is 6.86. The molecule has 112 valence electrons. The van der Waals surface area contributed by atoms with Gasteiger partial charge in [-0.3, -0.25) is 4.79 Å². The Labute approximate surface area is 120 Å². The van der Waals surface area contributed by atoms with E-state index in [1.165, 1.54) is 0 Å². The monoisotopic (exact) mass is 280 g/mol. The minimum atomic E-state index is -0.00135. The minimum Gasteiger partial charge on any atom is -0.493 e. The molecule has 0 unspecified atom stereocenters. The summed E-state index contributed by atoms with van der Waals surface area (Å²) in [5.41, 5.74) is 1.05. The summed E-state index contributed by atoms with van der Waals surface area (Å²) in [6, 6.07) is 5.91. The third kappa shape index (κ3) is 5.48. The average Bonchev–Trinajstić information content (AvgIpc) is 2.38. The van der Waals surface area contributed by atoms with Gasteiger partial charge < -0.3 is 20.1 Å². The van der Waals surface area contributed by atoms with Crippen molar-refractivity contribution < 1.29 is 14.3 Å². The van der Waals surface area contributed by atoms with E-state index >= 15 is 0 Å². The molecule has 1 rings (SSSR count). The van der Waals surface area contributed by atoms with E-state index in [0.29, 0.717) is 25.4 Å². The van der Waals surface area contributed by atoms with Crippen molar-refractivity contribution in [1.29, 1.82) is 0 Å². The van der Waals surface area contributed by atoms with Crippen LogP contribution in [0.1, 0.15) is 26.3 Å². The number of carbonyl (C=O) groups excluding carboxylic acids is 1. The van der Waals surface area contributed by atoms with Crippen molar-refractivity contribution in [2.75, 3.05) is 20.3 Å². The summed E-state index contributed by atoms with van der Waals surface area (Å²) in [7, 11) is 1.62. The number of methoxy groups -OCH3 is 1. The summed E-state index contributed by atoms with van der Waals surface area (Å²) in [4.78, 5) is 11.5. The van der Waals surface area contributed by atoms with Gasteiger partial charge in [0.25, 0.3) is 0 Å². The Morgan fingerprint density at radius 1 is 1.30 bits per heavy atom. The van der Waals surface area contributed by atoms with Crippen LogP contribution in [0.2, 0.25) is 0 Å². The standard InChI is InChI=1S/C15H24N2O3/c1-5-20-14-8-12(6-7-13(14)19-4)9-16-10-15(18)17-11(2)3/h6-8,11,16H,5,9-10H2,1-4H3,(H,17,18). The zero-order valence-corrected chi connectivity index (χ0v) is 12.7. The van der Waals surface area contributed by atoms with E-state index in [9.17, 15) is 4.79 Å². The van der Waals surface area contributed by atoms with Gasteiger partial charge in [-0.05, 0) is 38.5 Å². The molecule has 2 N–H and O–H groups in total. The van der Waals surface area contributed by atoms with Crippen LogP contribution in [0.4, 0.5) is 0 Å². The highest BCUT2D eigenvalue weighted by atomic mass is 16.5. The fourth-order valence-corrected chi connectivity index (χ4v) is 1.79. The normalized spacial score (nSPS) is 10.4. The van der Waals surface area contributed by atoms with Gasteiger partial charge in [0, 0.05) is 12.6 Å². The van der Waals surface area contributed by atoms with Crippen molar-refractivity contribution in [2.45, 2.75) is 33.4 Å². The summed E-state index contributed by atoms with van der Waals surface area (Å²) in [5, 5.41) is 5.94. The van der Waals surface area contributed by atoms with Gasteiger partial charge in [-0.25, -0.2) is 0 Å². The van der Waals surface area contributed by atoms with E-state index in [0.717, 1.165) is 11.3 Å². The lowest BCUT2D eigenvalue weighted by atomic mass is 10.2. The smallest absolute Gasteiger partial charge is 0.234 e. The summed E-state index contributed by atoms with van der Waals surface area (Å²) >= 11 is 0. The lowest BCUT2D eigenvalue weighted by Crippen LogP contribution is -2.37. The average molecular weight is 280 g/mol. The van der Waals surface area contributed by atoms with Crippen molar-refractivity contribution >= 4 is 5.91 Å². The highest BCUT2D eigenvalue weighted by Gasteiger charge is 2.06. The molecule has 0 bridgehead atoms. The van der Waals surface area contributed by atoms with Gasteiger partial charge in [-0.15, -0.1) is 0 Å². The first-order valence-electron chi connectivity index (χ1n) is 6.86. The van der Waals surface area contributed by atoms with Gasteiger partial charge in [0.2, 0.25) is 5.91 Å². The van der Waals surface area contributed by atoms with Crippen LogP contribution >= 0.6 is 0 Å². The second-order valence-corrected chi connectivity index (χ2v) is 4.74. The molecule has 0 spiro atoms. The van der Waals surface area contributed by atoms with Crippen LogP contribution in [-0.4, -0.2) is 32.2 Å². The summed E-state index contributed by atoms with van der Waals surface area (Å²) < 4.78 is 10.7. The van der Waals surface area contributed by atoms with Gasteiger partial charge in [-0.1, -0.05) is 6.07 Å². The van der Waals surface area contributed by atoms with E-state index in [4.69, 9.17) is 9.47 Å². The molecule has 0 saturated heterocycles. The van der Waals surface area contributed by atoms with Gasteiger partial charge >= 0.3 is 0 Å². The Bertz CT molecular complexity index is 433. The molecule has 0 radical (unpaired) electrons. The molecule has 0 saturated carbocycles. The summed E-state index contributed by atoms with van der Waals surface area (Å²) in [6.45, 7) is 7.31. The zero-order valence-electron chi connectivity index (χ0n) is 12.7. The molecule has 5 heteroatoms. The maximum atomic E-state index is 11.5. The summed E-state index contributed by atoms with van der Waals surface area (Å²) in [6.07, 6.45) is 0. The van der Waals surface area contributed by atoms with Gasteiger partial charge in [0.05, 0.1) is 20.3 Å². The van der Waals surface area contributed by atoms with E-state index in [1.54, 1.807) is 7.11 Å². The number of hydrogen-bond acceptors (Lipinski definition) is 4. The predicted octanol–water partition coefficient (Wildman–Crippen LogP) is 1.71. The number of benzene rings is 1. The molecule has 0 atom stereocenters. The number of amides is 1.